The number of methoxy groups -OCH3 is 4. The molecule has 0 saturated heterocycles. The maximum absolute atomic E-state index is 11.5. The summed E-state index contributed by atoms with van der Waals surface area (Å²) in [6.45, 7) is 0. The Kier molecular flexibility index (Phi) is 21.6. The monoisotopic (exact) mass is 584 g/mol. The minimum atomic E-state index is -5.15. The Bertz CT molecular complexity index is 1080. The zero-order chi connectivity index (χ0) is 24.1. The molecule has 0 amide bonds. The molecule has 0 aliphatic carbocycles. The summed E-state index contributed by atoms with van der Waals surface area (Å²) >= 11 is 0. The Morgan fingerprint density at radius 2 is 1.06 bits per heavy atom. The van der Waals surface area contributed by atoms with Gasteiger partial charge in [-0.15, -0.1) is 0 Å². The molecule has 176 valence electrons. The standard InChI is InChI=1S/C18H22O12P2.4Na/c1-25-13-8-7-12(16(29-31(19,20)21)18(13)30-32(22,23)24)6-5-11-9-14(26-2)17(28-4)15(10-11)27-3;;;;/h5-10H,1-4H3,(H2,19,20,21)(H2,22,23,24);;;;/q;4*+1/b6-5-;;;;. The number of benzene rings is 2. The first-order valence-corrected chi connectivity index (χ1v) is 11.7. The van der Waals surface area contributed by atoms with Crippen LogP contribution in [0.15, 0.2) is 24.3 Å². The van der Waals surface area contributed by atoms with Gasteiger partial charge >= 0.3 is 134 Å². The number of ether oxygens (including phenoxy) is 4. The zero-order valence-corrected chi connectivity index (χ0v) is 31.2. The molecule has 2 aromatic carbocycles. The molecular formula is C18H22Na4O12P2+4. The minimum absolute atomic E-state index is 0. The molecule has 2 aromatic rings. The molecule has 12 nitrogen and oxygen atoms in total. The molecule has 36 heavy (non-hydrogen) atoms. The number of phosphoric acid groups is 2. The van der Waals surface area contributed by atoms with Gasteiger partial charge in [0.15, 0.2) is 23.0 Å². The SMILES string of the molecule is COc1cc(/C=C\c2ccc(OC)c(OP(=O)(O)O)c2OP(=O)(O)O)cc(OC)c1OC.[Na+].[Na+].[Na+].[Na+]. The summed E-state index contributed by atoms with van der Waals surface area (Å²) in [4.78, 5) is 37.0. The summed E-state index contributed by atoms with van der Waals surface area (Å²) < 4.78 is 52.9. The van der Waals surface area contributed by atoms with E-state index < -0.39 is 27.1 Å². The fourth-order valence-electron chi connectivity index (χ4n) is 2.65. The van der Waals surface area contributed by atoms with Gasteiger partial charge in [0.2, 0.25) is 11.5 Å². The molecule has 0 saturated carbocycles. The van der Waals surface area contributed by atoms with Gasteiger partial charge in [-0.2, -0.15) is 0 Å². The van der Waals surface area contributed by atoms with Gasteiger partial charge in [-0.05, 0) is 29.8 Å². The number of rotatable bonds is 10. The van der Waals surface area contributed by atoms with Crippen LogP contribution in [-0.4, -0.2) is 48.0 Å². The smallest absolute Gasteiger partial charge is 0.493 e. The third-order valence-electron chi connectivity index (χ3n) is 3.89. The van der Waals surface area contributed by atoms with Crippen LogP contribution in [0.3, 0.4) is 0 Å². The summed E-state index contributed by atoms with van der Waals surface area (Å²) in [6.07, 6.45) is 2.89. The van der Waals surface area contributed by atoms with Crippen molar-refractivity contribution in [1.29, 1.82) is 0 Å². The van der Waals surface area contributed by atoms with Crippen molar-refractivity contribution in [3.8, 4) is 34.5 Å². The average molecular weight is 584 g/mol. The van der Waals surface area contributed by atoms with E-state index in [1.807, 2.05) is 0 Å². The van der Waals surface area contributed by atoms with Gasteiger partial charge in [0.25, 0.3) is 0 Å². The molecule has 4 N–H and O–H groups in total. The van der Waals surface area contributed by atoms with E-state index in [0.717, 1.165) is 0 Å². The Labute approximate surface area is 297 Å². The first-order chi connectivity index (χ1) is 14.9. The molecule has 0 fully saturated rings. The molecule has 18 heteroatoms. The second-order valence-corrected chi connectivity index (χ2v) is 8.30. The van der Waals surface area contributed by atoms with Crippen LogP contribution in [0.4, 0.5) is 0 Å². The summed E-state index contributed by atoms with van der Waals surface area (Å²) in [5.74, 6) is -0.459. The molecule has 0 heterocycles. The van der Waals surface area contributed by atoms with E-state index in [9.17, 15) is 28.7 Å². The average Bonchev–Trinajstić information content (AvgIpc) is 2.71. The number of hydrogen-bond acceptors (Lipinski definition) is 8. The second-order valence-electron chi connectivity index (χ2n) is 5.97. The van der Waals surface area contributed by atoms with E-state index in [0.29, 0.717) is 22.8 Å². The molecule has 0 aliphatic heterocycles. The van der Waals surface area contributed by atoms with Crippen LogP contribution in [0.2, 0.25) is 0 Å². The van der Waals surface area contributed by atoms with E-state index in [-0.39, 0.29) is 130 Å². The van der Waals surface area contributed by atoms with Gasteiger partial charge in [0.1, 0.15) is 0 Å². The Balaban J connectivity index is -0.00000272. The summed E-state index contributed by atoms with van der Waals surface area (Å²) in [5, 5.41) is 0. The van der Waals surface area contributed by atoms with Crippen molar-refractivity contribution in [1.82, 2.24) is 0 Å². The number of phosphoric ester groups is 2. The molecule has 0 aromatic heterocycles. The maximum Gasteiger partial charge on any atom is 1.00 e. The fraction of sp³-hybridized carbons (Fsp3) is 0.222. The van der Waals surface area contributed by atoms with Crippen LogP contribution in [-0.2, 0) is 9.13 Å². The molecule has 0 spiro atoms. The molecule has 0 bridgehead atoms. The van der Waals surface area contributed by atoms with Crippen molar-refractivity contribution in [2.24, 2.45) is 0 Å². The van der Waals surface area contributed by atoms with Crippen LogP contribution in [0.1, 0.15) is 11.1 Å². The predicted octanol–water partition coefficient (Wildman–Crippen LogP) is -9.15. The van der Waals surface area contributed by atoms with E-state index in [1.165, 1.54) is 52.7 Å². The molecule has 0 unspecified atom stereocenters. The topological polar surface area (TPSA) is 170 Å². The van der Waals surface area contributed by atoms with Crippen molar-refractivity contribution in [3.63, 3.8) is 0 Å². The maximum atomic E-state index is 11.5. The molecule has 0 radical (unpaired) electrons. The summed E-state index contributed by atoms with van der Waals surface area (Å²) in [5.41, 5.74) is 0.557. The van der Waals surface area contributed by atoms with Crippen LogP contribution in [0.25, 0.3) is 12.2 Å². The first-order valence-electron chi connectivity index (χ1n) is 8.61. The zero-order valence-electron chi connectivity index (χ0n) is 21.4. The Morgan fingerprint density at radius 3 is 1.44 bits per heavy atom. The molecule has 0 aliphatic rings. The Morgan fingerprint density at radius 1 is 0.611 bits per heavy atom. The van der Waals surface area contributed by atoms with E-state index in [4.69, 9.17) is 18.9 Å². The first kappa shape index (κ1) is 41.8. The third-order valence-corrected chi connectivity index (χ3v) is 4.73. The Hall–Kier alpha value is 1.28. The van der Waals surface area contributed by atoms with E-state index in [1.54, 1.807) is 12.1 Å². The summed E-state index contributed by atoms with van der Waals surface area (Å²) in [6, 6.07) is 5.85. The van der Waals surface area contributed by atoms with Crippen LogP contribution in [0, 0.1) is 0 Å². The van der Waals surface area contributed by atoms with Crippen molar-refractivity contribution in [3.05, 3.63) is 35.4 Å². The van der Waals surface area contributed by atoms with Crippen molar-refractivity contribution >= 4 is 27.8 Å². The minimum Gasteiger partial charge on any atom is -0.493 e. The molecule has 2 rings (SSSR count). The van der Waals surface area contributed by atoms with Crippen LogP contribution < -0.4 is 146 Å². The third kappa shape index (κ3) is 12.6. The van der Waals surface area contributed by atoms with E-state index >= 15 is 0 Å². The van der Waals surface area contributed by atoms with Gasteiger partial charge in [-0.3, -0.25) is 19.6 Å². The summed E-state index contributed by atoms with van der Waals surface area (Å²) in [7, 11) is -4.79. The molecule has 0 atom stereocenters. The quantitative estimate of drug-likeness (QED) is 0.118. The van der Waals surface area contributed by atoms with Gasteiger partial charge in [0.05, 0.1) is 28.4 Å². The van der Waals surface area contributed by atoms with Gasteiger partial charge in [-0.25, -0.2) is 9.13 Å². The van der Waals surface area contributed by atoms with Crippen molar-refractivity contribution in [2.75, 3.05) is 28.4 Å². The fourth-order valence-corrected chi connectivity index (χ4v) is 3.49. The number of hydrogen-bond donors (Lipinski definition) is 4. The van der Waals surface area contributed by atoms with Crippen molar-refractivity contribution in [2.45, 2.75) is 0 Å². The van der Waals surface area contributed by atoms with Crippen LogP contribution in [0.5, 0.6) is 34.5 Å². The van der Waals surface area contributed by atoms with Gasteiger partial charge in [-0.1, -0.05) is 12.2 Å². The predicted molar refractivity (Wildman–Crippen MR) is 113 cm³/mol. The van der Waals surface area contributed by atoms with Crippen molar-refractivity contribution < 1.29 is 175 Å². The van der Waals surface area contributed by atoms with E-state index in [2.05, 4.69) is 9.05 Å². The second kappa shape index (κ2) is 18.6. The van der Waals surface area contributed by atoms with Gasteiger partial charge in [0, 0.05) is 5.56 Å². The van der Waals surface area contributed by atoms with Crippen LogP contribution >= 0.6 is 15.6 Å². The largest absolute Gasteiger partial charge is 1.00 e. The van der Waals surface area contributed by atoms with Gasteiger partial charge < -0.3 is 28.0 Å². The molecular weight excluding hydrogens is 562 g/mol. The normalized spacial score (nSPS) is 10.6.